The van der Waals surface area contributed by atoms with E-state index in [0.29, 0.717) is 17.6 Å². The molecule has 0 spiro atoms. The highest BCUT2D eigenvalue weighted by Gasteiger charge is 2.26. The molecule has 3 nitrogen and oxygen atoms in total. The maximum Gasteiger partial charge on any atom is 0.139 e. The number of hydrogen-bond donors (Lipinski definition) is 1. The summed E-state index contributed by atoms with van der Waals surface area (Å²) in [5.41, 5.74) is 0.797. The van der Waals surface area contributed by atoms with Crippen molar-refractivity contribution < 1.29 is 13.9 Å². The average molecular weight is 330 g/mol. The molecule has 1 saturated carbocycles. The molecule has 5 heteroatoms. The number of rotatable bonds is 3. The van der Waals surface area contributed by atoms with Crippen LogP contribution in [0.1, 0.15) is 30.9 Å². The molecule has 1 saturated heterocycles. The van der Waals surface area contributed by atoms with Gasteiger partial charge in [-0.15, -0.1) is 0 Å². The van der Waals surface area contributed by atoms with Gasteiger partial charge in [0.05, 0.1) is 23.3 Å². The van der Waals surface area contributed by atoms with Gasteiger partial charge in [-0.25, -0.2) is 4.39 Å². The van der Waals surface area contributed by atoms with Crippen LogP contribution in [0.15, 0.2) is 16.6 Å². The molecule has 2 aliphatic rings. The van der Waals surface area contributed by atoms with E-state index in [1.165, 1.54) is 18.6 Å². The van der Waals surface area contributed by atoms with Crippen LogP contribution in [0.4, 0.5) is 4.39 Å². The van der Waals surface area contributed by atoms with Crippen LogP contribution in [0.5, 0.6) is 5.75 Å². The molecule has 1 aliphatic heterocycles. The number of hydrogen-bond acceptors (Lipinski definition) is 3. The van der Waals surface area contributed by atoms with Crippen molar-refractivity contribution in [2.45, 2.75) is 31.5 Å². The molecule has 3 rings (SSSR count). The van der Waals surface area contributed by atoms with E-state index in [1.54, 1.807) is 0 Å². The molecule has 1 atom stereocenters. The lowest BCUT2D eigenvalue weighted by molar-refractivity contribution is 0.0230. The number of morpholine rings is 1. The Morgan fingerprint density at radius 1 is 1.37 bits per heavy atom. The molecule has 1 aromatic carbocycles. The predicted molar refractivity (Wildman–Crippen MR) is 73.9 cm³/mol. The van der Waals surface area contributed by atoms with E-state index in [1.807, 2.05) is 0 Å². The Morgan fingerprint density at radius 2 is 2.21 bits per heavy atom. The van der Waals surface area contributed by atoms with Gasteiger partial charge in [-0.05, 0) is 47.3 Å². The van der Waals surface area contributed by atoms with E-state index in [0.717, 1.165) is 30.7 Å². The van der Waals surface area contributed by atoms with Crippen LogP contribution in [0.3, 0.4) is 0 Å². The second kappa shape index (κ2) is 5.77. The maximum atomic E-state index is 13.6. The summed E-state index contributed by atoms with van der Waals surface area (Å²) in [5.74, 6) is 0.469. The van der Waals surface area contributed by atoms with E-state index in [-0.39, 0.29) is 18.0 Å². The van der Waals surface area contributed by atoms with Crippen molar-refractivity contribution in [1.29, 1.82) is 0 Å². The number of halogens is 2. The lowest BCUT2D eigenvalue weighted by Crippen LogP contribution is -2.34. The zero-order valence-corrected chi connectivity index (χ0v) is 12.2. The molecule has 104 valence electrons. The Balaban J connectivity index is 1.89. The zero-order chi connectivity index (χ0) is 13.2. The Morgan fingerprint density at radius 3 is 2.84 bits per heavy atom. The molecule has 19 heavy (non-hydrogen) atoms. The zero-order valence-electron chi connectivity index (χ0n) is 10.6. The minimum atomic E-state index is -0.267. The predicted octanol–water partition coefficient (Wildman–Crippen LogP) is 3.18. The largest absolute Gasteiger partial charge is 0.489 e. The van der Waals surface area contributed by atoms with Crippen LogP contribution in [-0.2, 0) is 4.74 Å². The van der Waals surface area contributed by atoms with Crippen LogP contribution in [0.2, 0.25) is 0 Å². The maximum absolute atomic E-state index is 13.6. The third-order valence-electron chi connectivity index (χ3n) is 3.65. The van der Waals surface area contributed by atoms with Crippen molar-refractivity contribution in [3.05, 3.63) is 28.0 Å². The standard InChI is InChI=1S/C14H17BrFNO2/c15-12-7-9(16)6-11(13-8-17-4-5-18-13)14(12)19-10-2-1-3-10/h6-7,10,13,17H,1-5,8H2. The lowest BCUT2D eigenvalue weighted by Gasteiger charge is -2.31. The van der Waals surface area contributed by atoms with Crippen LogP contribution < -0.4 is 10.1 Å². The van der Waals surface area contributed by atoms with Crippen molar-refractivity contribution in [1.82, 2.24) is 5.32 Å². The molecule has 1 aromatic rings. The molecular formula is C14H17BrFNO2. The van der Waals surface area contributed by atoms with Gasteiger partial charge in [0.2, 0.25) is 0 Å². The van der Waals surface area contributed by atoms with Gasteiger partial charge in [-0.3, -0.25) is 0 Å². The summed E-state index contributed by atoms with van der Waals surface area (Å²) >= 11 is 3.41. The first-order chi connectivity index (χ1) is 9.24. The van der Waals surface area contributed by atoms with Crippen molar-refractivity contribution in [3.8, 4) is 5.75 Å². The molecule has 0 aromatic heterocycles. The first kappa shape index (κ1) is 13.3. The minimum Gasteiger partial charge on any atom is -0.489 e. The van der Waals surface area contributed by atoms with Gasteiger partial charge in [0.15, 0.2) is 0 Å². The molecular weight excluding hydrogens is 313 g/mol. The van der Waals surface area contributed by atoms with E-state index in [4.69, 9.17) is 9.47 Å². The summed E-state index contributed by atoms with van der Waals surface area (Å²) in [6.07, 6.45) is 3.48. The van der Waals surface area contributed by atoms with Gasteiger partial charge < -0.3 is 14.8 Å². The van der Waals surface area contributed by atoms with Crippen molar-refractivity contribution in [2.24, 2.45) is 0 Å². The number of benzene rings is 1. The van der Waals surface area contributed by atoms with Crippen LogP contribution in [-0.4, -0.2) is 25.8 Å². The molecule has 0 bridgehead atoms. The van der Waals surface area contributed by atoms with Crippen LogP contribution >= 0.6 is 15.9 Å². The second-order valence-corrected chi connectivity index (χ2v) is 5.89. The van der Waals surface area contributed by atoms with Crippen molar-refractivity contribution >= 4 is 15.9 Å². The Labute approximate surface area is 120 Å². The first-order valence-corrected chi connectivity index (χ1v) is 7.51. The fraction of sp³-hybridized carbons (Fsp3) is 0.571. The quantitative estimate of drug-likeness (QED) is 0.923. The highest BCUT2D eigenvalue weighted by Crippen LogP contribution is 2.38. The summed E-state index contributed by atoms with van der Waals surface area (Å²) in [6, 6.07) is 2.98. The third-order valence-corrected chi connectivity index (χ3v) is 4.24. The van der Waals surface area contributed by atoms with Gasteiger partial charge in [0.1, 0.15) is 11.6 Å². The van der Waals surface area contributed by atoms with Gasteiger partial charge in [-0.2, -0.15) is 0 Å². The van der Waals surface area contributed by atoms with E-state index in [2.05, 4.69) is 21.2 Å². The van der Waals surface area contributed by atoms with Crippen LogP contribution in [0, 0.1) is 5.82 Å². The van der Waals surface area contributed by atoms with E-state index >= 15 is 0 Å². The first-order valence-electron chi connectivity index (χ1n) is 6.72. The molecule has 1 unspecified atom stereocenters. The fourth-order valence-electron chi connectivity index (χ4n) is 2.36. The number of ether oxygens (including phenoxy) is 2. The second-order valence-electron chi connectivity index (χ2n) is 5.04. The van der Waals surface area contributed by atoms with E-state index in [9.17, 15) is 4.39 Å². The Kier molecular flexibility index (Phi) is 4.05. The summed E-state index contributed by atoms with van der Waals surface area (Å²) in [4.78, 5) is 0. The van der Waals surface area contributed by atoms with E-state index < -0.39 is 0 Å². The van der Waals surface area contributed by atoms with Gasteiger partial charge in [-0.1, -0.05) is 0 Å². The smallest absolute Gasteiger partial charge is 0.139 e. The summed E-state index contributed by atoms with van der Waals surface area (Å²) < 4.78 is 26.0. The molecule has 0 radical (unpaired) electrons. The van der Waals surface area contributed by atoms with Gasteiger partial charge in [0.25, 0.3) is 0 Å². The Bertz CT molecular complexity index is 459. The average Bonchev–Trinajstić information content (AvgIpc) is 2.36. The summed E-state index contributed by atoms with van der Waals surface area (Å²) in [6.45, 7) is 2.17. The minimum absolute atomic E-state index is 0.143. The summed E-state index contributed by atoms with van der Waals surface area (Å²) in [5, 5.41) is 3.26. The molecule has 1 heterocycles. The van der Waals surface area contributed by atoms with Crippen molar-refractivity contribution in [2.75, 3.05) is 19.7 Å². The molecule has 1 aliphatic carbocycles. The van der Waals surface area contributed by atoms with Crippen molar-refractivity contribution in [3.63, 3.8) is 0 Å². The third kappa shape index (κ3) is 2.93. The fourth-order valence-corrected chi connectivity index (χ4v) is 2.91. The lowest BCUT2D eigenvalue weighted by atomic mass is 9.96. The molecule has 1 N–H and O–H groups in total. The van der Waals surface area contributed by atoms with Crippen LogP contribution in [0.25, 0.3) is 0 Å². The highest BCUT2D eigenvalue weighted by molar-refractivity contribution is 9.10. The Hall–Kier alpha value is -0.650. The van der Waals surface area contributed by atoms with Gasteiger partial charge >= 0.3 is 0 Å². The topological polar surface area (TPSA) is 30.5 Å². The molecule has 0 amide bonds. The molecule has 2 fully saturated rings. The summed E-state index contributed by atoms with van der Waals surface area (Å²) in [7, 11) is 0. The number of nitrogens with one attached hydrogen (secondary N) is 1. The SMILES string of the molecule is Fc1cc(Br)c(OC2CCC2)c(C2CNCCO2)c1. The highest BCUT2D eigenvalue weighted by atomic mass is 79.9. The normalized spacial score (nSPS) is 24.0. The van der Waals surface area contributed by atoms with Gasteiger partial charge in [0, 0.05) is 18.7 Å². The monoisotopic (exact) mass is 329 g/mol.